The number of nitrogens with zero attached hydrogens (tertiary/aromatic N) is 2. The molecule has 24 heavy (non-hydrogen) atoms. The van der Waals surface area contributed by atoms with E-state index in [9.17, 15) is 10.2 Å². The summed E-state index contributed by atoms with van der Waals surface area (Å²) in [6.45, 7) is 0. The number of phenols is 1. The van der Waals surface area contributed by atoms with Crippen LogP contribution in [0.3, 0.4) is 0 Å². The largest absolute Gasteiger partial charge is 0.507 e. The van der Waals surface area contributed by atoms with Gasteiger partial charge in [-0.3, -0.25) is 0 Å². The van der Waals surface area contributed by atoms with E-state index in [1.54, 1.807) is 11.3 Å². The SMILES string of the molecule is Oc1c(-c2ccc(N[C@H]3CCCC[C@@H]3O)nn2)ccc2sccc12. The van der Waals surface area contributed by atoms with E-state index in [-0.39, 0.29) is 17.9 Å². The fraction of sp³-hybridized carbons (Fsp3) is 0.333. The standard InChI is InChI=1S/C18H19N3O2S/c22-15-4-2-1-3-14(15)19-17-8-6-13(20-21-17)11-5-7-16-12(18(11)23)9-10-24-16/h5-10,14-15,22-23H,1-4H2,(H,19,21)/t14-,15-/m0/s1. The molecule has 0 amide bonds. The Morgan fingerprint density at radius 3 is 2.71 bits per heavy atom. The molecule has 0 spiro atoms. The van der Waals surface area contributed by atoms with Crippen LogP contribution in [0.25, 0.3) is 21.3 Å². The number of nitrogens with one attached hydrogen (secondary N) is 1. The molecule has 6 heteroatoms. The highest BCUT2D eigenvalue weighted by Crippen LogP contribution is 2.37. The molecule has 1 aliphatic rings. The summed E-state index contributed by atoms with van der Waals surface area (Å²) in [5, 5.41) is 35.0. The van der Waals surface area contributed by atoms with Crippen molar-refractivity contribution in [2.24, 2.45) is 0 Å². The molecule has 4 rings (SSSR count). The molecule has 1 saturated carbocycles. The Kier molecular flexibility index (Phi) is 4.08. The minimum absolute atomic E-state index is 0.0365. The lowest BCUT2D eigenvalue weighted by Gasteiger charge is -2.28. The summed E-state index contributed by atoms with van der Waals surface area (Å²) < 4.78 is 1.05. The van der Waals surface area contributed by atoms with Gasteiger partial charge in [0.1, 0.15) is 11.6 Å². The number of hydrogen-bond acceptors (Lipinski definition) is 6. The highest BCUT2D eigenvalue weighted by molar-refractivity contribution is 7.17. The van der Waals surface area contributed by atoms with Crippen LogP contribution in [0.5, 0.6) is 5.75 Å². The molecule has 2 heterocycles. The monoisotopic (exact) mass is 341 g/mol. The second-order valence-electron chi connectivity index (χ2n) is 6.20. The number of rotatable bonds is 3. The first kappa shape index (κ1) is 15.4. The Balaban J connectivity index is 1.57. The van der Waals surface area contributed by atoms with Crippen LogP contribution in [0.4, 0.5) is 5.82 Å². The Hall–Kier alpha value is -2.18. The van der Waals surface area contributed by atoms with Gasteiger partial charge in [0.25, 0.3) is 0 Å². The van der Waals surface area contributed by atoms with Crippen molar-refractivity contribution in [3.8, 4) is 17.0 Å². The molecule has 1 aromatic carbocycles. The number of phenolic OH excluding ortho intramolecular Hbond substituents is 1. The van der Waals surface area contributed by atoms with Gasteiger partial charge in [0.2, 0.25) is 0 Å². The third-order valence-corrected chi connectivity index (χ3v) is 5.49. The average Bonchev–Trinajstić information content (AvgIpc) is 3.08. The lowest BCUT2D eigenvalue weighted by Crippen LogP contribution is -2.36. The number of thiophene rings is 1. The lowest BCUT2D eigenvalue weighted by atomic mass is 9.92. The van der Waals surface area contributed by atoms with Crippen molar-refractivity contribution < 1.29 is 10.2 Å². The van der Waals surface area contributed by atoms with Crippen LogP contribution in [0.1, 0.15) is 25.7 Å². The zero-order chi connectivity index (χ0) is 16.5. The Labute approximate surface area is 144 Å². The number of fused-ring (bicyclic) bond motifs is 1. The second-order valence-corrected chi connectivity index (χ2v) is 7.15. The maximum absolute atomic E-state index is 10.4. The normalized spacial score (nSPS) is 21.0. The van der Waals surface area contributed by atoms with Crippen molar-refractivity contribution >= 4 is 27.2 Å². The van der Waals surface area contributed by atoms with E-state index in [1.807, 2.05) is 35.7 Å². The van der Waals surface area contributed by atoms with Gasteiger partial charge in [-0.1, -0.05) is 12.8 Å². The number of aliphatic hydroxyl groups is 1. The van der Waals surface area contributed by atoms with Gasteiger partial charge in [0, 0.05) is 15.6 Å². The van der Waals surface area contributed by atoms with Crippen LogP contribution in [0, 0.1) is 0 Å². The number of aromatic hydroxyl groups is 1. The maximum atomic E-state index is 10.4. The van der Waals surface area contributed by atoms with Gasteiger partial charge in [0.05, 0.1) is 17.8 Å². The van der Waals surface area contributed by atoms with Crippen LogP contribution in [0.15, 0.2) is 35.7 Å². The third kappa shape index (κ3) is 2.83. The van der Waals surface area contributed by atoms with Gasteiger partial charge in [0.15, 0.2) is 0 Å². The van der Waals surface area contributed by atoms with Gasteiger partial charge >= 0.3 is 0 Å². The van der Waals surface area contributed by atoms with Crippen LogP contribution in [-0.4, -0.2) is 32.6 Å². The highest BCUT2D eigenvalue weighted by Gasteiger charge is 2.23. The quantitative estimate of drug-likeness (QED) is 0.676. The lowest BCUT2D eigenvalue weighted by molar-refractivity contribution is 0.116. The first-order valence-electron chi connectivity index (χ1n) is 8.20. The number of aliphatic hydroxyl groups excluding tert-OH is 1. The molecular formula is C18H19N3O2S. The van der Waals surface area contributed by atoms with Crippen molar-refractivity contribution in [3.63, 3.8) is 0 Å². The van der Waals surface area contributed by atoms with Gasteiger partial charge in [-0.15, -0.1) is 21.5 Å². The molecule has 0 bridgehead atoms. The van der Waals surface area contributed by atoms with E-state index in [1.165, 1.54) is 0 Å². The Bertz CT molecular complexity index is 847. The number of hydrogen-bond donors (Lipinski definition) is 3. The highest BCUT2D eigenvalue weighted by atomic mass is 32.1. The van der Waals surface area contributed by atoms with E-state index in [4.69, 9.17) is 0 Å². The van der Waals surface area contributed by atoms with Crippen LogP contribution < -0.4 is 5.32 Å². The average molecular weight is 341 g/mol. The molecule has 1 fully saturated rings. The van der Waals surface area contributed by atoms with E-state index in [0.717, 1.165) is 35.8 Å². The van der Waals surface area contributed by atoms with E-state index in [0.29, 0.717) is 17.1 Å². The fourth-order valence-corrected chi connectivity index (χ4v) is 4.05. The summed E-state index contributed by atoms with van der Waals surface area (Å²) in [6, 6.07) is 9.50. The van der Waals surface area contributed by atoms with Gasteiger partial charge in [-0.05, 0) is 48.6 Å². The van der Waals surface area contributed by atoms with Gasteiger partial charge in [-0.25, -0.2) is 0 Å². The number of anilines is 1. The van der Waals surface area contributed by atoms with Crippen molar-refractivity contribution in [1.29, 1.82) is 0 Å². The molecule has 0 radical (unpaired) electrons. The first-order valence-corrected chi connectivity index (χ1v) is 9.08. The molecule has 0 unspecified atom stereocenters. The molecule has 3 aromatic rings. The van der Waals surface area contributed by atoms with Crippen LogP contribution >= 0.6 is 11.3 Å². The number of benzene rings is 1. The fourth-order valence-electron chi connectivity index (χ4n) is 3.26. The zero-order valence-electron chi connectivity index (χ0n) is 13.1. The van der Waals surface area contributed by atoms with Gasteiger partial charge < -0.3 is 15.5 Å². The molecule has 2 aromatic heterocycles. The zero-order valence-corrected chi connectivity index (χ0v) is 14.0. The summed E-state index contributed by atoms with van der Waals surface area (Å²) >= 11 is 1.60. The minimum atomic E-state index is -0.328. The maximum Gasteiger partial charge on any atom is 0.148 e. The van der Waals surface area contributed by atoms with Crippen LogP contribution in [-0.2, 0) is 0 Å². The molecule has 1 aliphatic carbocycles. The van der Waals surface area contributed by atoms with Crippen LogP contribution in [0.2, 0.25) is 0 Å². The smallest absolute Gasteiger partial charge is 0.148 e. The summed E-state index contributed by atoms with van der Waals surface area (Å²) in [6.07, 6.45) is 3.64. The van der Waals surface area contributed by atoms with E-state index in [2.05, 4.69) is 15.5 Å². The van der Waals surface area contributed by atoms with Gasteiger partial charge in [-0.2, -0.15) is 0 Å². The summed E-state index contributed by atoms with van der Waals surface area (Å²) in [4.78, 5) is 0. The van der Waals surface area contributed by atoms with E-state index >= 15 is 0 Å². The molecule has 2 atom stereocenters. The first-order chi connectivity index (χ1) is 11.7. The molecule has 124 valence electrons. The predicted octanol–water partition coefficient (Wildman–Crippen LogP) is 3.78. The third-order valence-electron chi connectivity index (χ3n) is 4.61. The summed E-state index contributed by atoms with van der Waals surface area (Å²) in [5.74, 6) is 0.896. The molecule has 5 nitrogen and oxygen atoms in total. The molecule has 3 N–H and O–H groups in total. The number of aromatic nitrogens is 2. The van der Waals surface area contributed by atoms with Crippen molar-refractivity contribution in [2.45, 2.75) is 37.8 Å². The topological polar surface area (TPSA) is 78.3 Å². The predicted molar refractivity (Wildman–Crippen MR) is 96.4 cm³/mol. The van der Waals surface area contributed by atoms with Crippen molar-refractivity contribution in [3.05, 3.63) is 35.7 Å². The molecular weight excluding hydrogens is 322 g/mol. The Morgan fingerprint density at radius 1 is 1.04 bits per heavy atom. The molecule has 0 aliphatic heterocycles. The van der Waals surface area contributed by atoms with E-state index < -0.39 is 0 Å². The summed E-state index contributed by atoms with van der Waals surface area (Å²) in [7, 11) is 0. The van der Waals surface area contributed by atoms with Crippen molar-refractivity contribution in [2.75, 3.05) is 5.32 Å². The summed E-state index contributed by atoms with van der Waals surface area (Å²) in [5.41, 5.74) is 1.31. The Morgan fingerprint density at radius 2 is 1.92 bits per heavy atom. The molecule has 0 saturated heterocycles. The second kappa shape index (κ2) is 6.37. The minimum Gasteiger partial charge on any atom is -0.507 e. The van der Waals surface area contributed by atoms with Crippen molar-refractivity contribution in [1.82, 2.24) is 10.2 Å².